The van der Waals surface area contributed by atoms with Gasteiger partial charge in [-0.25, -0.2) is 4.98 Å². The van der Waals surface area contributed by atoms with Gasteiger partial charge in [-0.2, -0.15) is 0 Å². The van der Waals surface area contributed by atoms with Crippen LogP contribution in [0.25, 0.3) is 11.3 Å². The molecule has 0 unspecified atom stereocenters. The molecule has 2 aromatic rings. The molecule has 1 aromatic heterocycles. The Balaban J connectivity index is 2.11. The maximum Gasteiger partial charge on any atom is 0.227 e. The number of hydrogen-bond donors (Lipinski definition) is 2. The molecule has 0 saturated carbocycles. The average Bonchev–Trinajstić information content (AvgIpc) is 2.96. The standard InChI is InChI=1S/C18H24ClN3O2/c1-4-18(5-2,11-20)17(23)21-10-15-22-12(3)16(24-15)13-6-8-14(19)9-7-13/h6-9H,4-5,10-11,20H2,1-3H3,(H,21,23). The largest absolute Gasteiger partial charge is 0.438 e. The summed E-state index contributed by atoms with van der Waals surface area (Å²) in [5.41, 5.74) is 6.96. The number of amides is 1. The van der Waals surface area contributed by atoms with E-state index in [1.807, 2.05) is 32.9 Å². The fourth-order valence-electron chi connectivity index (χ4n) is 2.69. The zero-order valence-electron chi connectivity index (χ0n) is 14.4. The van der Waals surface area contributed by atoms with Crippen LogP contribution in [0.2, 0.25) is 5.02 Å². The predicted octanol–water partition coefficient (Wildman–Crippen LogP) is 3.68. The maximum absolute atomic E-state index is 12.5. The van der Waals surface area contributed by atoms with Crippen molar-refractivity contribution in [3.8, 4) is 11.3 Å². The van der Waals surface area contributed by atoms with Crippen LogP contribution >= 0.6 is 11.6 Å². The Morgan fingerprint density at radius 3 is 2.46 bits per heavy atom. The molecule has 0 aliphatic carbocycles. The van der Waals surface area contributed by atoms with Crippen molar-refractivity contribution >= 4 is 17.5 Å². The first-order chi connectivity index (χ1) is 11.5. The second kappa shape index (κ2) is 7.81. The summed E-state index contributed by atoms with van der Waals surface area (Å²) >= 11 is 5.91. The SMILES string of the molecule is CCC(CC)(CN)C(=O)NCc1nc(C)c(-c2ccc(Cl)cc2)o1. The van der Waals surface area contributed by atoms with E-state index >= 15 is 0 Å². The van der Waals surface area contributed by atoms with Crippen molar-refractivity contribution < 1.29 is 9.21 Å². The van der Waals surface area contributed by atoms with Gasteiger partial charge in [0, 0.05) is 17.1 Å². The Kier molecular flexibility index (Phi) is 6.02. The van der Waals surface area contributed by atoms with Gasteiger partial charge in [0.2, 0.25) is 11.8 Å². The third-order valence-corrected chi connectivity index (χ3v) is 4.83. The normalized spacial score (nSPS) is 11.5. The summed E-state index contributed by atoms with van der Waals surface area (Å²) in [5.74, 6) is 1.11. The quantitative estimate of drug-likeness (QED) is 0.798. The van der Waals surface area contributed by atoms with Gasteiger partial charge in [-0.3, -0.25) is 4.79 Å². The van der Waals surface area contributed by atoms with Crippen molar-refractivity contribution in [2.75, 3.05) is 6.54 Å². The number of nitrogens with one attached hydrogen (secondary N) is 1. The van der Waals surface area contributed by atoms with E-state index in [1.54, 1.807) is 12.1 Å². The highest BCUT2D eigenvalue weighted by Crippen LogP contribution is 2.27. The van der Waals surface area contributed by atoms with Crippen LogP contribution in [-0.4, -0.2) is 17.4 Å². The highest BCUT2D eigenvalue weighted by Gasteiger charge is 2.33. The summed E-state index contributed by atoms with van der Waals surface area (Å²) in [5, 5.41) is 3.56. The second-order valence-electron chi connectivity index (χ2n) is 5.90. The summed E-state index contributed by atoms with van der Waals surface area (Å²) < 4.78 is 5.80. The lowest BCUT2D eigenvalue weighted by atomic mass is 9.81. The van der Waals surface area contributed by atoms with Gasteiger partial charge in [0.15, 0.2) is 5.76 Å². The van der Waals surface area contributed by atoms with E-state index in [4.69, 9.17) is 21.8 Å². The van der Waals surface area contributed by atoms with Gasteiger partial charge in [0.1, 0.15) is 0 Å². The fraction of sp³-hybridized carbons (Fsp3) is 0.444. The molecule has 0 aliphatic rings. The van der Waals surface area contributed by atoms with Crippen LogP contribution in [0.5, 0.6) is 0 Å². The lowest BCUT2D eigenvalue weighted by Gasteiger charge is -2.28. The van der Waals surface area contributed by atoms with Crippen LogP contribution in [0, 0.1) is 12.3 Å². The number of carbonyl (C=O) groups excluding carboxylic acids is 1. The minimum absolute atomic E-state index is 0.0566. The first-order valence-corrected chi connectivity index (χ1v) is 8.54. The number of aryl methyl sites for hydroxylation is 1. The lowest BCUT2D eigenvalue weighted by molar-refractivity contribution is -0.131. The lowest BCUT2D eigenvalue weighted by Crippen LogP contribution is -2.45. The van der Waals surface area contributed by atoms with E-state index in [0.717, 1.165) is 11.3 Å². The smallest absolute Gasteiger partial charge is 0.227 e. The van der Waals surface area contributed by atoms with E-state index in [2.05, 4.69) is 10.3 Å². The Hall–Kier alpha value is -1.85. The minimum atomic E-state index is -0.527. The molecule has 1 heterocycles. The van der Waals surface area contributed by atoms with Crippen LogP contribution in [-0.2, 0) is 11.3 Å². The van der Waals surface area contributed by atoms with E-state index in [9.17, 15) is 4.79 Å². The number of oxazole rings is 1. The topological polar surface area (TPSA) is 81.2 Å². The Labute approximate surface area is 147 Å². The maximum atomic E-state index is 12.5. The van der Waals surface area contributed by atoms with Gasteiger partial charge < -0.3 is 15.5 Å². The summed E-state index contributed by atoms with van der Waals surface area (Å²) in [4.78, 5) is 16.9. The molecule has 0 bridgehead atoms. The highest BCUT2D eigenvalue weighted by atomic mass is 35.5. The third-order valence-electron chi connectivity index (χ3n) is 4.57. The summed E-state index contributed by atoms with van der Waals surface area (Å²) in [6.45, 7) is 6.40. The molecule has 0 aliphatic heterocycles. The molecule has 2 rings (SSSR count). The van der Waals surface area contributed by atoms with Gasteiger partial charge in [0.25, 0.3) is 0 Å². The molecule has 0 radical (unpaired) electrons. The van der Waals surface area contributed by atoms with Crippen molar-refractivity contribution in [2.24, 2.45) is 11.1 Å². The summed E-state index contributed by atoms with van der Waals surface area (Å²) in [6.07, 6.45) is 1.40. The molecular formula is C18H24ClN3O2. The molecule has 0 fully saturated rings. The zero-order chi connectivity index (χ0) is 17.7. The van der Waals surface area contributed by atoms with Crippen molar-refractivity contribution in [3.63, 3.8) is 0 Å². The number of carbonyl (C=O) groups is 1. The van der Waals surface area contributed by atoms with Crippen molar-refractivity contribution in [1.29, 1.82) is 0 Å². The second-order valence-corrected chi connectivity index (χ2v) is 6.34. The first kappa shape index (κ1) is 18.5. The zero-order valence-corrected chi connectivity index (χ0v) is 15.1. The predicted molar refractivity (Wildman–Crippen MR) is 95.6 cm³/mol. The van der Waals surface area contributed by atoms with Crippen LogP contribution in [0.1, 0.15) is 38.3 Å². The molecule has 130 valence electrons. The minimum Gasteiger partial charge on any atom is -0.438 e. The van der Waals surface area contributed by atoms with E-state index in [1.165, 1.54) is 0 Å². The number of aromatic nitrogens is 1. The van der Waals surface area contributed by atoms with Crippen LogP contribution in [0.15, 0.2) is 28.7 Å². The van der Waals surface area contributed by atoms with Crippen molar-refractivity contribution in [1.82, 2.24) is 10.3 Å². The van der Waals surface area contributed by atoms with Gasteiger partial charge in [-0.05, 0) is 44.0 Å². The molecule has 1 aromatic carbocycles. The Morgan fingerprint density at radius 2 is 1.92 bits per heavy atom. The van der Waals surface area contributed by atoms with E-state index in [-0.39, 0.29) is 12.5 Å². The van der Waals surface area contributed by atoms with Crippen LogP contribution in [0.3, 0.4) is 0 Å². The van der Waals surface area contributed by atoms with Crippen molar-refractivity contribution in [2.45, 2.75) is 40.2 Å². The number of nitrogens with two attached hydrogens (primary N) is 1. The van der Waals surface area contributed by atoms with Gasteiger partial charge in [-0.1, -0.05) is 25.4 Å². The molecule has 1 amide bonds. The Bertz CT molecular complexity index is 683. The first-order valence-electron chi connectivity index (χ1n) is 8.16. The Morgan fingerprint density at radius 1 is 1.29 bits per heavy atom. The van der Waals surface area contributed by atoms with Gasteiger partial charge in [0.05, 0.1) is 17.7 Å². The van der Waals surface area contributed by atoms with E-state index in [0.29, 0.717) is 36.1 Å². The van der Waals surface area contributed by atoms with Crippen molar-refractivity contribution in [3.05, 3.63) is 40.9 Å². The number of rotatable bonds is 7. The molecule has 6 heteroatoms. The number of hydrogen-bond acceptors (Lipinski definition) is 4. The summed E-state index contributed by atoms with van der Waals surface area (Å²) in [7, 11) is 0. The molecule has 0 saturated heterocycles. The van der Waals surface area contributed by atoms with Crippen LogP contribution in [0.4, 0.5) is 0 Å². The fourth-order valence-corrected chi connectivity index (χ4v) is 2.82. The number of nitrogens with zero attached hydrogens (tertiary/aromatic N) is 1. The number of benzene rings is 1. The monoisotopic (exact) mass is 349 g/mol. The summed E-state index contributed by atoms with van der Waals surface area (Å²) in [6, 6.07) is 7.37. The highest BCUT2D eigenvalue weighted by molar-refractivity contribution is 6.30. The van der Waals surface area contributed by atoms with Gasteiger partial charge in [-0.15, -0.1) is 0 Å². The molecular weight excluding hydrogens is 326 g/mol. The third kappa shape index (κ3) is 3.79. The molecule has 5 nitrogen and oxygen atoms in total. The van der Waals surface area contributed by atoms with Gasteiger partial charge >= 0.3 is 0 Å². The molecule has 3 N–H and O–H groups in total. The number of halogens is 1. The van der Waals surface area contributed by atoms with Crippen LogP contribution < -0.4 is 11.1 Å². The molecule has 24 heavy (non-hydrogen) atoms. The van der Waals surface area contributed by atoms with E-state index < -0.39 is 5.41 Å². The molecule has 0 atom stereocenters. The average molecular weight is 350 g/mol. The molecule has 0 spiro atoms.